The molecule has 136 valence electrons. The molecule has 0 saturated carbocycles. The lowest BCUT2D eigenvalue weighted by Crippen LogP contribution is -2.55. The van der Waals surface area contributed by atoms with E-state index >= 15 is 0 Å². The van der Waals surface area contributed by atoms with Gasteiger partial charge in [0.15, 0.2) is 0 Å². The van der Waals surface area contributed by atoms with Crippen LogP contribution in [0.4, 0.5) is 18.9 Å². The molecule has 2 bridgehead atoms. The quantitative estimate of drug-likeness (QED) is 0.875. The molecule has 4 rings (SSSR count). The molecule has 2 saturated heterocycles. The number of alkyl halides is 3. The summed E-state index contributed by atoms with van der Waals surface area (Å²) < 4.78 is 65.1. The first-order valence-electron chi connectivity index (χ1n) is 7.92. The van der Waals surface area contributed by atoms with Gasteiger partial charge in [0, 0.05) is 30.6 Å². The van der Waals surface area contributed by atoms with Gasteiger partial charge in [-0.15, -0.1) is 0 Å². The third-order valence-electron chi connectivity index (χ3n) is 4.99. The molecular weight excluding hydrogens is 357 g/mol. The van der Waals surface area contributed by atoms with E-state index in [0.717, 1.165) is 25.0 Å². The second-order valence-corrected chi connectivity index (χ2v) is 8.60. The highest BCUT2D eigenvalue weighted by Gasteiger charge is 2.45. The predicted octanol–water partition coefficient (Wildman–Crippen LogP) is 2.19. The van der Waals surface area contributed by atoms with Crippen molar-refractivity contribution in [3.05, 3.63) is 23.9 Å². The van der Waals surface area contributed by atoms with E-state index in [0.29, 0.717) is 29.7 Å². The number of hydrogen-bond acceptors (Lipinski definition) is 4. The summed E-state index contributed by atoms with van der Waals surface area (Å²) in [7, 11) is -3.32. The van der Waals surface area contributed by atoms with E-state index in [2.05, 4.69) is 10.2 Å². The van der Waals surface area contributed by atoms with Crippen molar-refractivity contribution in [3.8, 4) is 0 Å². The average Bonchev–Trinajstić information content (AvgIpc) is 3.07. The Bertz CT molecular complexity index is 910. The van der Waals surface area contributed by atoms with Gasteiger partial charge in [0.25, 0.3) is 0 Å². The van der Waals surface area contributed by atoms with Gasteiger partial charge in [0.05, 0.1) is 29.2 Å². The molecule has 10 heteroatoms. The van der Waals surface area contributed by atoms with Crippen molar-refractivity contribution in [2.45, 2.75) is 31.1 Å². The van der Waals surface area contributed by atoms with Gasteiger partial charge in [-0.05, 0) is 25.0 Å². The van der Waals surface area contributed by atoms with E-state index in [1.54, 1.807) is 0 Å². The molecule has 0 aliphatic carbocycles. The van der Waals surface area contributed by atoms with Crippen molar-refractivity contribution in [1.82, 2.24) is 14.5 Å². The minimum atomic E-state index is -4.45. The lowest BCUT2D eigenvalue weighted by atomic mass is 10.1. The highest BCUT2D eigenvalue weighted by molar-refractivity contribution is 7.88. The number of rotatable bonds is 2. The fourth-order valence-electron chi connectivity index (χ4n) is 4.05. The summed E-state index contributed by atoms with van der Waals surface area (Å²) in [6, 6.07) is 1.78. The molecule has 2 aromatic rings. The van der Waals surface area contributed by atoms with Crippen LogP contribution in [0.2, 0.25) is 0 Å². The molecule has 0 radical (unpaired) electrons. The Morgan fingerprint density at radius 1 is 1.20 bits per heavy atom. The maximum atomic E-state index is 13.2. The summed E-state index contributed by atoms with van der Waals surface area (Å²) >= 11 is 0. The number of sulfonamides is 1. The molecular formula is C15H17F3N4O2S. The fraction of sp³-hybridized carbons (Fsp3) is 0.533. The van der Waals surface area contributed by atoms with E-state index in [4.69, 9.17) is 0 Å². The Balaban J connectivity index is 1.75. The minimum Gasteiger partial charge on any atom is -0.367 e. The molecule has 0 spiro atoms. The first-order chi connectivity index (χ1) is 11.6. The third-order valence-corrected chi connectivity index (χ3v) is 6.36. The summed E-state index contributed by atoms with van der Waals surface area (Å²) in [5.41, 5.74) is 0.238. The number of aromatic amines is 1. The lowest BCUT2D eigenvalue weighted by Gasteiger charge is -2.40. The van der Waals surface area contributed by atoms with Crippen LogP contribution in [0.3, 0.4) is 0 Å². The van der Waals surface area contributed by atoms with Gasteiger partial charge < -0.3 is 4.90 Å². The lowest BCUT2D eigenvalue weighted by molar-refractivity contribution is -0.137. The van der Waals surface area contributed by atoms with E-state index in [1.807, 2.05) is 4.90 Å². The van der Waals surface area contributed by atoms with Crippen molar-refractivity contribution in [2.75, 3.05) is 24.2 Å². The SMILES string of the molecule is CS(=O)(=O)N1C2CCC1CN(c1cc(C(F)(F)F)cc3cn[nH]c13)C2. The van der Waals surface area contributed by atoms with Crippen molar-refractivity contribution in [3.63, 3.8) is 0 Å². The number of fused-ring (bicyclic) bond motifs is 3. The summed E-state index contributed by atoms with van der Waals surface area (Å²) in [5.74, 6) is 0. The maximum absolute atomic E-state index is 13.2. The summed E-state index contributed by atoms with van der Waals surface area (Å²) in [4.78, 5) is 1.85. The van der Waals surface area contributed by atoms with E-state index in [9.17, 15) is 21.6 Å². The molecule has 2 unspecified atom stereocenters. The number of nitrogens with zero attached hydrogens (tertiary/aromatic N) is 3. The Morgan fingerprint density at radius 2 is 1.84 bits per heavy atom. The molecule has 25 heavy (non-hydrogen) atoms. The normalized spacial score (nSPS) is 25.0. The van der Waals surface area contributed by atoms with Crippen LogP contribution in [-0.2, 0) is 16.2 Å². The molecule has 2 fully saturated rings. The zero-order valence-electron chi connectivity index (χ0n) is 13.4. The standard InChI is InChI=1S/C15H17F3N4O2S/c1-25(23,24)22-11-2-3-12(22)8-21(7-11)13-5-10(15(16,17)18)4-9-6-19-20-14(9)13/h4-6,11-12H,2-3,7-8H2,1H3,(H,19,20). The molecule has 2 atom stereocenters. The number of H-pyrrole nitrogens is 1. The smallest absolute Gasteiger partial charge is 0.367 e. The van der Waals surface area contributed by atoms with Crippen LogP contribution in [0.15, 0.2) is 18.3 Å². The van der Waals surface area contributed by atoms with Gasteiger partial charge >= 0.3 is 6.18 Å². The number of hydrogen-bond donors (Lipinski definition) is 1. The Hall–Kier alpha value is -1.81. The van der Waals surface area contributed by atoms with Crippen LogP contribution in [0.1, 0.15) is 18.4 Å². The van der Waals surface area contributed by atoms with Crippen LogP contribution in [0.25, 0.3) is 10.9 Å². The van der Waals surface area contributed by atoms with Crippen molar-refractivity contribution in [1.29, 1.82) is 0 Å². The topological polar surface area (TPSA) is 69.3 Å². The van der Waals surface area contributed by atoms with Crippen LogP contribution in [0.5, 0.6) is 0 Å². The summed E-state index contributed by atoms with van der Waals surface area (Å²) in [6.45, 7) is 0.748. The first-order valence-corrected chi connectivity index (χ1v) is 9.77. The number of piperazine rings is 1. The largest absolute Gasteiger partial charge is 0.416 e. The van der Waals surface area contributed by atoms with Gasteiger partial charge in [-0.3, -0.25) is 5.10 Å². The van der Waals surface area contributed by atoms with Crippen LogP contribution in [-0.4, -0.2) is 54.3 Å². The van der Waals surface area contributed by atoms with Gasteiger partial charge in [0.2, 0.25) is 10.0 Å². The maximum Gasteiger partial charge on any atom is 0.416 e. The third kappa shape index (κ3) is 2.77. The number of halogens is 3. The molecule has 0 amide bonds. The van der Waals surface area contributed by atoms with Gasteiger partial charge in [-0.2, -0.15) is 22.6 Å². The van der Waals surface area contributed by atoms with E-state index in [1.165, 1.54) is 16.8 Å². The van der Waals surface area contributed by atoms with Crippen LogP contribution in [0, 0.1) is 0 Å². The molecule has 1 N–H and O–H groups in total. The van der Waals surface area contributed by atoms with Crippen molar-refractivity contribution < 1.29 is 21.6 Å². The number of anilines is 1. The summed E-state index contributed by atoms with van der Waals surface area (Å²) in [6.07, 6.45) is -0.451. The van der Waals surface area contributed by atoms with Crippen molar-refractivity contribution in [2.24, 2.45) is 0 Å². The molecule has 1 aromatic heterocycles. The Kier molecular flexibility index (Phi) is 3.56. The van der Waals surface area contributed by atoms with Gasteiger partial charge in [-0.25, -0.2) is 8.42 Å². The molecule has 6 nitrogen and oxygen atoms in total. The number of aromatic nitrogens is 2. The second kappa shape index (κ2) is 5.34. The highest BCUT2D eigenvalue weighted by Crippen LogP contribution is 2.39. The van der Waals surface area contributed by atoms with Gasteiger partial charge in [-0.1, -0.05) is 0 Å². The van der Waals surface area contributed by atoms with Crippen LogP contribution < -0.4 is 4.90 Å². The van der Waals surface area contributed by atoms with Crippen LogP contribution >= 0.6 is 0 Å². The molecule has 2 aliphatic rings. The van der Waals surface area contributed by atoms with E-state index in [-0.39, 0.29) is 12.1 Å². The Labute approximate surface area is 142 Å². The fourth-order valence-corrected chi connectivity index (χ4v) is 5.48. The van der Waals surface area contributed by atoms with Crippen molar-refractivity contribution >= 4 is 26.6 Å². The molecule has 3 heterocycles. The summed E-state index contributed by atoms with van der Waals surface area (Å²) in [5, 5.41) is 7.02. The first kappa shape index (κ1) is 16.6. The Morgan fingerprint density at radius 3 is 2.40 bits per heavy atom. The highest BCUT2D eigenvalue weighted by atomic mass is 32.2. The minimum absolute atomic E-state index is 0.207. The monoisotopic (exact) mass is 374 g/mol. The predicted molar refractivity (Wildman–Crippen MR) is 86.8 cm³/mol. The van der Waals surface area contributed by atoms with Gasteiger partial charge in [0.1, 0.15) is 0 Å². The zero-order valence-corrected chi connectivity index (χ0v) is 14.2. The molecule has 2 aliphatic heterocycles. The average molecular weight is 374 g/mol. The number of nitrogens with one attached hydrogen (secondary N) is 1. The second-order valence-electron chi connectivity index (χ2n) is 6.71. The molecule has 1 aromatic carbocycles. The zero-order chi connectivity index (χ0) is 18.0. The number of benzene rings is 1. The van der Waals surface area contributed by atoms with E-state index < -0.39 is 21.8 Å².